The van der Waals surface area contributed by atoms with Crippen LogP contribution in [0.2, 0.25) is 0 Å². The lowest BCUT2D eigenvalue weighted by atomic mass is 10.1. The largest absolute Gasteiger partial charge is 0.341 e. The molecule has 1 N–H and O–H groups in total. The lowest BCUT2D eigenvalue weighted by molar-refractivity contribution is -0.116. The number of hydrogen-bond acceptors (Lipinski definition) is 3. The molecule has 0 radical (unpaired) electrons. The van der Waals surface area contributed by atoms with Crippen molar-refractivity contribution >= 4 is 17.5 Å². The van der Waals surface area contributed by atoms with Gasteiger partial charge in [0.05, 0.1) is 12.5 Å². The zero-order valence-electron chi connectivity index (χ0n) is 16.0. The molecule has 2 heterocycles. The summed E-state index contributed by atoms with van der Waals surface area (Å²) in [4.78, 5) is 35.8. The second-order valence-corrected chi connectivity index (χ2v) is 7.11. The smallest absolute Gasteiger partial charge is 0.272 e. The molecule has 144 valence electrons. The number of benzene rings is 1. The molecule has 1 aliphatic heterocycles. The minimum absolute atomic E-state index is 0.0452. The average Bonchev–Trinajstić information content (AvgIpc) is 3.20. The van der Waals surface area contributed by atoms with Crippen LogP contribution in [0.15, 0.2) is 36.8 Å². The first-order valence-electron chi connectivity index (χ1n) is 9.80. The van der Waals surface area contributed by atoms with Gasteiger partial charge in [0, 0.05) is 32.2 Å². The first kappa shape index (κ1) is 19.1. The molecule has 0 aliphatic carbocycles. The van der Waals surface area contributed by atoms with Gasteiger partial charge in [0.25, 0.3) is 5.91 Å². The Morgan fingerprint density at radius 3 is 2.41 bits per heavy atom. The zero-order chi connectivity index (χ0) is 19.1. The molecular formula is C21H28N4O2. The number of imidazole rings is 1. The van der Waals surface area contributed by atoms with Gasteiger partial charge in [-0.25, -0.2) is 4.98 Å². The van der Waals surface area contributed by atoms with Gasteiger partial charge in [0.1, 0.15) is 5.69 Å². The van der Waals surface area contributed by atoms with Gasteiger partial charge in [0.15, 0.2) is 0 Å². The maximum atomic E-state index is 12.9. The minimum atomic E-state index is -0.0495. The molecule has 0 saturated heterocycles. The number of nitrogens with zero attached hydrogens (tertiary/aromatic N) is 3. The molecule has 27 heavy (non-hydrogen) atoms. The van der Waals surface area contributed by atoms with Crippen LogP contribution in [0.25, 0.3) is 0 Å². The Morgan fingerprint density at radius 1 is 1.00 bits per heavy atom. The molecule has 6 heteroatoms. The number of fused-ring (bicyclic) bond motifs is 1. The highest BCUT2D eigenvalue weighted by molar-refractivity contribution is 5.93. The number of nitrogens with one attached hydrogen (secondary N) is 1. The van der Waals surface area contributed by atoms with Gasteiger partial charge < -0.3 is 14.8 Å². The third-order valence-corrected chi connectivity index (χ3v) is 5.10. The number of carbonyl (C=O) groups is 2. The van der Waals surface area contributed by atoms with Gasteiger partial charge in [-0.1, -0.05) is 43.9 Å². The van der Waals surface area contributed by atoms with Crippen LogP contribution in [0.1, 0.15) is 61.5 Å². The number of hydrogen-bond donors (Lipinski definition) is 1. The van der Waals surface area contributed by atoms with Gasteiger partial charge in [0.2, 0.25) is 5.91 Å². The lowest BCUT2D eigenvalue weighted by Crippen LogP contribution is -2.34. The van der Waals surface area contributed by atoms with Crippen LogP contribution < -0.4 is 4.90 Å². The number of carbonyl (C=O) groups excluding carboxylic acids is 2. The molecule has 0 saturated carbocycles. The van der Waals surface area contributed by atoms with Crippen LogP contribution >= 0.6 is 0 Å². The number of aromatic nitrogens is 2. The molecule has 1 aliphatic rings. The minimum Gasteiger partial charge on any atom is -0.341 e. The van der Waals surface area contributed by atoms with Crippen LogP contribution in [0.5, 0.6) is 0 Å². The van der Waals surface area contributed by atoms with Gasteiger partial charge in [-0.05, 0) is 24.5 Å². The fraction of sp³-hybridized carbons (Fsp3) is 0.476. The SMILES string of the molecule is CC(=O)N1CCCCCCCCN(C(=O)c2cnc[nH]2)Cc2ccccc21. The highest BCUT2D eigenvalue weighted by Crippen LogP contribution is 2.24. The van der Waals surface area contributed by atoms with Crippen molar-refractivity contribution in [1.82, 2.24) is 14.9 Å². The Labute approximate surface area is 160 Å². The van der Waals surface area contributed by atoms with Crippen molar-refractivity contribution in [2.75, 3.05) is 18.0 Å². The van der Waals surface area contributed by atoms with E-state index >= 15 is 0 Å². The number of H-pyrrole nitrogens is 1. The molecule has 0 fully saturated rings. The Bertz CT molecular complexity index is 757. The maximum absolute atomic E-state index is 12.9. The van der Waals surface area contributed by atoms with E-state index in [1.807, 2.05) is 34.1 Å². The summed E-state index contributed by atoms with van der Waals surface area (Å²) in [7, 11) is 0. The third kappa shape index (κ3) is 4.96. The van der Waals surface area contributed by atoms with Crippen LogP contribution in [0, 0.1) is 0 Å². The van der Waals surface area contributed by atoms with E-state index < -0.39 is 0 Å². The molecule has 0 unspecified atom stereocenters. The summed E-state index contributed by atoms with van der Waals surface area (Å²) in [5.41, 5.74) is 2.41. The van der Waals surface area contributed by atoms with Crippen molar-refractivity contribution in [2.24, 2.45) is 0 Å². The number of rotatable bonds is 1. The van der Waals surface area contributed by atoms with E-state index in [1.54, 1.807) is 13.1 Å². The van der Waals surface area contributed by atoms with E-state index in [4.69, 9.17) is 0 Å². The number of aromatic amines is 1. The van der Waals surface area contributed by atoms with E-state index in [1.165, 1.54) is 19.2 Å². The normalized spacial score (nSPS) is 16.6. The predicted octanol–water partition coefficient (Wildman–Crippen LogP) is 3.76. The molecule has 0 atom stereocenters. The fourth-order valence-electron chi connectivity index (χ4n) is 3.64. The fourth-order valence-corrected chi connectivity index (χ4v) is 3.64. The average molecular weight is 368 g/mol. The molecule has 0 bridgehead atoms. The molecule has 0 spiro atoms. The number of para-hydroxylation sites is 1. The molecule has 2 aromatic rings. The number of amides is 2. The third-order valence-electron chi connectivity index (χ3n) is 5.10. The molecule has 2 amide bonds. The Kier molecular flexibility index (Phi) is 6.63. The monoisotopic (exact) mass is 368 g/mol. The van der Waals surface area contributed by atoms with Crippen molar-refractivity contribution < 1.29 is 9.59 Å². The van der Waals surface area contributed by atoms with E-state index in [2.05, 4.69) is 9.97 Å². The van der Waals surface area contributed by atoms with Gasteiger partial charge in [-0.2, -0.15) is 0 Å². The van der Waals surface area contributed by atoms with E-state index in [9.17, 15) is 9.59 Å². The summed E-state index contributed by atoms with van der Waals surface area (Å²) < 4.78 is 0. The van der Waals surface area contributed by atoms with E-state index in [-0.39, 0.29) is 11.8 Å². The van der Waals surface area contributed by atoms with Crippen molar-refractivity contribution in [1.29, 1.82) is 0 Å². The summed E-state index contributed by atoms with van der Waals surface area (Å²) >= 11 is 0. The van der Waals surface area contributed by atoms with Gasteiger partial charge >= 0.3 is 0 Å². The maximum Gasteiger partial charge on any atom is 0.272 e. The number of anilines is 1. The second-order valence-electron chi connectivity index (χ2n) is 7.11. The summed E-state index contributed by atoms with van der Waals surface area (Å²) in [6, 6.07) is 7.91. The Balaban J connectivity index is 1.91. The molecule has 3 rings (SSSR count). The predicted molar refractivity (Wildman–Crippen MR) is 105 cm³/mol. The molecular weight excluding hydrogens is 340 g/mol. The first-order chi connectivity index (χ1) is 13.2. The summed E-state index contributed by atoms with van der Waals surface area (Å²) in [6.07, 6.45) is 9.66. The van der Waals surface area contributed by atoms with Crippen molar-refractivity contribution in [3.63, 3.8) is 0 Å². The summed E-state index contributed by atoms with van der Waals surface area (Å²) in [5.74, 6) is -0.00434. The van der Waals surface area contributed by atoms with Crippen LogP contribution in [-0.4, -0.2) is 39.8 Å². The van der Waals surface area contributed by atoms with Crippen molar-refractivity contribution in [3.8, 4) is 0 Å². The molecule has 1 aromatic carbocycles. The van der Waals surface area contributed by atoms with Crippen LogP contribution in [-0.2, 0) is 11.3 Å². The second kappa shape index (κ2) is 9.35. The Hall–Kier alpha value is -2.63. The first-order valence-corrected chi connectivity index (χ1v) is 9.80. The van der Waals surface area contributed by atoms with Crippen LogP contribution in [0.3, 0.4) is 0 Å². The summed E-state index contributed by atoms with van der Waals surface area (Å²) in [6.45, 7) is 3.52. The highest BCUT2D eigenvalue weighted by Gasteiger charge is 2.21. The van der Waals surface area contributed by atoms with Crippen molar-refractivity contribution in [3.05, 3.63) is 48.0 Å². The lowest BCUT2D eigenvalue weighted by Gasteiger charge is -2.27. The quantitative estimate of drug-likeness (QED) is 0.833. The van der Waals surface area contributed by atoms with Gasteiger partial charge in [-0.3, -0.25) is 9.59 Å². The van der Waals surface area contributed by atoms with Crippen molar-refractivity contribution in [2.45, 2.75) is 52.0 Å². The topological polar surface area (TPSA) is 69.3 Å². The van der Waals surface area contributed by atoms with E-state index in [0.29, 0.717) is 18.8 Å². The van der Waals surface area contributed by atoms with Gasteiger partial charge in [-0.15, -0.1) is 0 Å². The Morgan fingerprint density at radius 2 is 1.70 bits per heavy atom. The molecule has 6 nitrogen and oxygen atoms in total. The zero-order valence-corrected chi connectivity index (χ0v) is 16.0. The summed E-state index contributed by atoms with van der Waals surface area (Å²) in [5, 5.41) is 0. The highest BCUT2D eigenvalue weighted by atomic mass is 16.2. The standard InChI is InChI=1S/C21H28N4O2/c1-17(26)25-13-9-5-3-2-4-8-12-24(21(27)19-14-22-16-23-19)15-18-10-6-7-11-20(18)25/h6-7,10-11,14,16H,2-5,8-9,12-13,15H2,1H3,(H,22,23). The van der Waals surface area contributed by atoms with Crippen LogP contribution in [0.4, 0.5) is 5.69 Å². The molecule has 1 aromatic heterocycles. The van der Waals surface area contributed by atoms with E-state index in [0.717, 1.165) is 43.5 Å².